The molecule has 2 N–H and O–H groups in total. The molecule has 0 unspecified atom stereocenters. The number of amides is 2. The first kappa shape index (κ1) is 21.9. The molecule has 0 bridgehead atoms. The molecule has 2 saturated heterocycles. The van der Waals surface area contributed by atoms with Crippen molar-refractivity contribution in [2.24, 2.45) is 5.41 Å². The number of carbonyl (C=O) groups excluding carboxylic acids is 2. The maximum Gasteiger partial charge on any atom is 0.411 e. The number of hydrogen-bond donors (Lipinski definition) is 2. The molecule has 170 valence electrons. The van der Waals surface area contributed by atoms with Crippen LogP contribution in [-0.4, -0.2) is 60.4 Å². The SMILES string of the molecule is CCOC(=O)Nc1ccc(N2CCC[C@@]3(CCN([C@H]4CC[C@H](O)CC4)C3=O)C2)c(F)c1. The Bertz CT molecular complexity index is 827. The second-order valence-corrected chi connectivity index (χ2v) is 9.03. The number of piperidine rings is 1. The van der Waals surface area contributed by atoms with Crippen LogP contribution in [-0.2, 0) is 9.53 Å². The van der Waals surface area contributed by atoms with E-state index in [0.717, 1.165) is 51.5 Å². The number of anilines is 2. The van der Waals surface area contributed by atoms with Gasteiger partial charge in [-0.05, 0) is 70.1 Å². The Morgan fingerprint density at radius 2 is 2.03 bits per heavy atom. The Labute approximate surface area is 182 Å². The average Bonchev–Trinajstić information content (AvgIpc) is 3.04. The van der Waals surface area contributed by atoms with Crippen LogP contribution < -0.4 is 10.2 Å². The van der Waals surface area contributed by atoms with Crippen molar-refractivity contribution in [3.8, 4) is 0 Å². The molecule has 1 aromatic rings. The van der Waals surface area contributed by atoms with Gasteiger partial charge in [-0.15, -0.1) is 0 Å². The number of aliphatic hydroxyl groups excluding tert-OH is 1. The number of halogens is 1. The third-order valence-corrected chi connectivity index (χ3v) is 7.04. The van der Waals surface area contributed by atoms with Crippen molar-refractivity contribution in [1.82, 2.24) is 4.90 Å². The van der Waals surface area contributed by atoms with Crippen LogP contribution in [0.4, 0.5) is 20.6 Å². The summed E-state index contributed by atoms with van der Waals surface area (Å²) in [6.45, 7) is 3.91. The fourth-order valence-corrected chi connectivity index (χ4v) is 5.41. The van der Waals surface area contributed by atoms with E-state index < -0.39 is 17.3 Å². The summed E-state index contributed by atoms with van der Waals surface area (Å²) in [6.07, 6.45) is 4.84. The predicted molar refractivity (Wildman–Crippen MR) is 116 cm³/mol. The zero-order chi connectivity index (χ0) is 22.0. The zero-order valence-corrected chi connectivity index (χ0v) is 18.1. The first-order chi connectivity index (χ1) is 14.9. The molecular weight excluding hydrogens is 401 g/mol. The Balaban J connectivity index is 1.45. The van der Waals surface area contributed by atoms with Gasteiger partial charge in [0.2, 0.25) is 5.91 Å². The van der Waals surface area contributed by atoms with Crippen LogP contribution in [0.15, 0.2) is 18.2 Å². The molecule has 0 radical (unpaired) electrons. The number of benzene rings is 1. The molecule has 2 aliphatic heterocycles. The van der Waals surface area contributed by atoms with Gasteiger partial charge in [0.25, 0.3) is 0 Å². The molecule has 3 aliphatic rings. The number of likely N-dealkylation sites (tertiary alicyclic amines) is 1. The molecule has 7 nitrogen and oxygen atoms in total. The lowest BCUT2D eigenvalue weighted by molar-refractivity contribution is -0.139. The second kappa shape index (κ2) is 9.02. The summed E-state index contributed by atoms with van der Waals surface area (Å²) in [5.41, 5.74) is 0.345. The second-order valence-electron chi connectivity index (χ2n) is 9.03. The van der Waals surface area contributed by atoms with E-state index in [1.54, 1.807) is 19.1 Å². The Hall–Kier alpha value is -2.35. The van der Waals surface area contributed by atoms with Gasteiger partial charge in [-0.25, -0.2) is 9.18 Å². The van der Waals surface area contributed by atoms with E-state index in [0.29, 0.717) is 24.5 Å². The van der Waals surface area contributed by atoms with Gasteiger partial charge < -0.3 is 19.6 Å². The highest BCUT2D eigenvalue weighted by atomic mass is 19.1. The van der Waals surface area contributed by atoms with E-state index >= 15 is 0 Å². The smallest absolute Gasteiger partial charge is 0.411 e. The third kappa shape index (κ3) is 4.49. The Morgan fingerprint density at radius 1 is 1.26 bits per heavy atom. The van der Waals surface area contributed by atoms with Gasteiger partial charge in [-0.3, -0.25) is 10.1 Å². The standard InChI is InChI=1S/C23H32FN3O4/c1-2-31-22(30)25-16-4-9-20(19(24)14-16)26-12-3-10-23(15-26)11-13-27(21(23)29)17-5-7-18(28)8-6-17/h4,9,14,17-18,28H,2-3,5-8,10-13,15H2,1H3,(H,25,30)/t17-,18-,23-/m1/s1. The number of nitrogens with one attached hydrogen (secondary N) is 1. The molecule has 1 saturated carbocycles. The normalized spacial score (nSPS) is 28.8. The van der Waals surface area contributed by atoms with Crippen LogP contribution in [0.3, 0.4) is 0 Å². The largest absolute Gasteiger partial charge is 0.450 e. The van der Waals surface area contributed by atoms with E-state index in [1.807, 2.05) is 9.80 Å². The van der Waals surface area contributed by atoms with Gasteiger partial charge >= 0.3 is 6.09 Å². The van der Waals surface area contributed by atoms with Crippen molar-refractivity contribution >= 4 is 23.4 Å². The van der Waals surface area contributed by atoms with E-state index in [4.69, 9.17) is 4.74 Å². The highest BCUT2D eigenvalue weighted by Crippen LogP contribution is 2.43. The average molecular weight is 434 g/mol. The molecule has 31 heavy (non-hydrogen) atoms. The van der Waals surface area contributed by atoms with Crippen molar-refractivity contribution < 1.29 is 23.8 Å². The fourth-order valence-electron chi connectivity index (χ4n) is 5.41. The molecule has 4 rings (SSSR count). The quantitative estimate of drug-likeness (QED) is 0.759. The molecule has 2 heterocycles. The lowest BCUT2D eigenvalue weighted by Crippen LogP contribution is -2.50. The van der Waals surface area contributed by atoms with Crippen molar-refractivity contribution in [2.45, 2.75) is 64.0 Å². The van der Waals surface area contributed by atoms with Crippen LogP contribution in [0.5, 0.6) is 0 Å². The Morgan fingerprint density at radius 3 is 2.74 bits per heavy atom. The summed E-state index contributed by atoms with van der Waals surface area (Å²) in [4.78, 5) is 29.0. The summed E-state index contributed by atoms with van der Waals surface area (Å²) in [5, 5.41) is 12.3. The van der Waals surface area contributed by atoms with Crippen LogP contribution in [0.1, 0.15) is 51.9 Å². The minimum absolute atomic E-state index is 0.194. The zero-order valence-electron chi connectivity index (χ0n) is 18.1. The van der Waals surface area contributed by atoms with E-state index in [9.17, 15) is 19.1 Å². The number of nitrogens with zero attached hydrogens (tertiary/aromatic N) is 2. The highest BCUT2D eigenvalue weighted by Gasteiger charge is 2.50. The first-order valence-electron chi connectivity index (χ1n) is 11.4. The summed E-state index contributed by atoms with van der Waals surface area (Å²) in [6, 6.07) is 4.84. The van der Waals surface area contributed by atoms with Gasteiger partial charge in [0.1, 0.15) is 5.82 Å². The lowest BCUT2D eigenvalue weighted by Gasteiger charge is -2.41. The van der Waals surface area contributed by atoms with Gasteiger partial charge in [0.15, 0.2) is 0 Å². The molecular formula is C23H32FN3O4. The maximum atomic E-state index is 14.9. The van der Waals surface area contributed by atoms with Crippen molar-refractivity contribution in [3.05, 3.63) is 24.0 Å². The summed E-state index contributed by atoms with van der Waals surface area (Å²) in [7, 11) is 0. The molecule has 2 amide bonds. The third-order valence-electron chi connectivity index (χ3n) is 7.04. The van der Waals surface area contributed by atoms with Crippen LogP contribution in [0.25, 0.3) is 0 Å². The van der Waals surface area contributed by atoms with Crippen LogP contribution in [0.2, 0.25) is 0 Å². The number of aliphatic hydroxyl groups is 1. The number of ether oxygens (including phenoxy) is 1. The van der Waals surface area contributed by atoms with Crippen molar-refractivity contribution in [2.75, 3.05) is 36.5 Å². The van der Waals surface area contributed by atoms with Crippen LogP contribution >= 0.6 is 0 Å². The topological polar surface area (TPSA) is 82.1 Å². The first-order valence-corrected chi connectivity index (χ1v) is 11.4. The molecule has 1 spiro atoms. The summed E-state index contributed by atoms with van der Waals surface area (Å²) < 4.78 is 19.7. The monoisotopic (exact) mass is 433 g/mol. The van der Waals surface area contributed by atoms with Gasteiger partial charge in [-0.1, -0.05) is 0 Å². The van der Waals surface area contributed by atoms with E-state index in [1.165, 1.54) is 6.07 Å². The fraction of sp³-hybridized carbons (Fsp3) is 0.652. The van der Waals surface area contributed by atoms with Gasteiger partial charge in [-0.2, -0.15) is 0 Å². The number of carbonyl (C=O) groups is 2. The molecule has 0 aromatic heterocycles. The van der Waals surface area contributed by atoms with Gasteiger partial charge in [0.05, 0.1) is 23.8 Å². The maximum absolute atomic E-state index is 14.9. The van der Waals surface area contributed by atoms with E-state index in [-0.39, 0.29) is 24.7 Å². The minimum atomic E-state index is -0.613. The predicted octanol–water partition coefficient (Wildman–Crippen LogP) is 3.52. The summed E-state index contributed by atoms with van der Waals surface area (Å²) in [5.74, 6) is -0.227. The highest BCUT2D eigenvalue weighted by molar-refractivity contribution is 5.87. The van der Waals surface area contributed by atoms with Crippen molar-refractivity contribution in [1.29, 1.82) is 0 Å². The molecule has 1 atom stereocenters. The number of hydrogen-bond acceptors (Lipinski definition) is 5. The Kier molecular flexibility index (Phi) is 6.36. The van der Waals surface area contributed by atoms with Crippen molar-refractivity contribution in [3.63, 3.8) is 0 Å². The molecule has 1 aliphatic carbocycles. The van der Waals surface area contributed by atoms with Crippen LogP contribution in [0, 0.1) is 11.2 Å². The molecule has 1 aromatic carbocycles. The number of rotatable bonds is 4. The lowest BCUT2D eigenvalue weighted by atomic mass is 9.78. The van der Waals surface area contributed by atoms with Gasteiger partial charge in [0, 0.05) is 31.4 Å². The molecule has 8 heteroatoms. The molecule has 3 fully saturated rings. The van der Waals surface area contributed by atoms with E-state index in [2.05, 4.69) is 5.32 Å². The minimum Gasteiger partial charge on any atom is -0.450 e. The summed E-state index contributed by atoms with van der Waals surface area (Å²) >= 11 is 0.